The maximum atomic E-state index is 12.6. The van der Waals surface area contributed by atoms with Crippen LogP contribution in [0.4, 0.5) is 0 Å². The van der Waals surface area contributed by atoms with Crippen molar-refractivity contribution in [3.8, 4) is 0 Å². The SMILES string of the molecule is CC\C=C/C=C\C=C/C=C\C=C/CCCCCC(=O)OCC(COC(=O)CCCCCCCCCCC)OC(=O)CCC/C=C\C/C=C\C/C=C\CC. The zero-order valence-electron chi connectivity index (χ0n) is 33.7. The molecule has 0 heterocycles. The number of ether oxygens (including phenoxy) is 3. The third-order valence-electron chi connectivity index (χ3n) is 8.21. The Morgan fingerprint density at radius 2 is 0.849 bits per heavy atom. The highest BCUT2D eigenvalue weighted by atomic mass is 16.6. The van der Waals surface area contributed by atoms with Crippen LogP contribution in [0.25, 0.3) is 0 Å². The van der Waals surface area contributed by atoms with Gasteiger partial charge >= 0.3 is 17.9 Å². The number of carbonyl (C=O) groups is 3. The van der Waals surface area contributed by atoms with E-state index in [1.165, 1.54) is 38.5 Å². The summed E-state index contributed by atoms with van der Waals surface area (Å²) in [5.74, 6) is -1.03. The second kappa shape index (κ2) is 41.1. The number of esters is 3. The molecule has 0 aromatic carbocycles. The average molecular weight is 735 g/mol. The summed E-state index contributed by atoms with van der Waals surface area (Å²) in [5, 5.41) is 0. The number of hydrogen-bond acceptors (Lipinski definition) is 6. The Hall–Kier alpha value is -3.67. The van der Waals surface area contributed by atoms with Gasteiger partial charge in [-0.25, -0.2) is 0 Å². The minimum Gasteiger partial charge on any atom is -0.462 e. The first-order valence-corrected chi connectivity index (χ1v) is 20.8. The van der Waals surface area contributed by atoms with E-state index in [1.54, 1.807) is 0 Å². The van der Waals surface area contributed by atoms with E-state index in [9.17, 15) is 14.4 Å². The standard InChI is InChI=1S/C47H74O6/c1-4-7-10-13-16-19-21-22-23-24-26-28-31-34-37-40-46(49)52-43-44(42-51-45(48)39-36-33-30-27-18-15-12-9-6-3)53-47(50)41-38-35-32-29-25-20-17-14-11-8-5-2/h7-8,10-11,13,16-17,19-24,26,29,32,44H,4-6,9,12,14-15,18,25,27-28,30-31,33-43H2,1-3H3/b10-7-,11-8-,16-13-,20-17-,21-19-,23-22-,26-24-,32-29-. The van der Waals surface area contributed by atoms with Crippen molar-refractivity contribution in [2.24, 2.45) is 0 Å². The van der Waals surface area contributed by atoms with Crippen molar-refractivity contribution in [1.29, 1.82) is 0 Å². The molecule has 0 saturated heterocycles. The maximum Gasteiger partial charge on any atom is 0.306 e. The van der Waals surface area contributed by atoms with Gasteiger partial charge in [-0.15, -0.1) is 0 Å². The number of unbranched alkanes of at least 4 members (excludes halogenated alkanes) is 12. The van der Waals surface area contributed by atoms with E-state index in [0.29, 0.717) is 19.3 Å². The van der Waals surface area contributed by atoms with Crippen molar-refractivity contribution >= 4 is 17.9 Å². The first-order valence-electron chi connectivity index (χ1n) is 20.8. The fourth-order valence-electron chi connectivity index (χ4n) is 5.13. The highest BCUT2D eigenvalue weighted by molar-refractivity contribution is 5.71. The lowest BCUT2D eigenvalue weighted by atomic mass is 10.1. The van der Waals surface area contributed by atoms with E-state index >= 15 is 0 Å². The fraction of sp³-hybridized carbons (Fsp3) is 0.596. The van der Waals surface area contributed by atoms with E-state index in [1.807, 2.05) is 48.6 Å². The Morgan fingerprint density at radius 3 is 1.42 bits per heavy atom. The van der Waals surface area contributed by atoms with Crippen LogP contribution in [0.15, 0.2) is 97.2 Å². The fourth-order valence-corrected chi connectivity index (χ4v) is 5.13. The first kappa shape index (κ1) is 49.3. The van der Waals surface area contributed by atoms with E-state index in [4.69, 9.17) is 14.2 Å². The largest absolute Gasteiger partial charge is 0.462 e. The monoisotopic (exact) mass is 735 g/mol. The van der Waals surface area contributed by atoms with Crippen LogP contribution in [-0.4, -0.2) is 37.2 Å². The summed E-state index contributed by atoms with van der Waals surface area (Å²) in [6.07, 6.45) is 52.6. The molecule has 0 spiro atoms. The van der Waals surface area contributed by atoms with Gasteiger partial charge in [0.2, 0.25) is 0 Å². The molecule has 298 valence electrons. The number of rotatable bonds is 35. The number of carbonyl (C=O) groups excluding carboxylic acids is 3. The maximum absolute atomic E-state index is 12.6. The van der Waals surface area contributed by atoms with E-state index in [-0.39, 0.29) is 37.5 Å². The third-order valence-corrected chi connectivity index (χ3v) is 8.21. The molecule has 0 saturated carbocycles. The molecule has 1 atom stereocenters. The molecule has 0 bridgehead atoms. The van der Waals surface area contributed by atoms with Crippen LogP contribution in [0.5, 0.6) is 0 Å². The van der Waals surface area contributed by atoms with Crippen molar-refractivity contribution in [2.75, 3.05) is 13.2 Å². The summed E-state index contributed by atoms with van der Waals surface area (Å²) in [6.45, 7) is 6.23. The molecule has 0 N–H and O–H groups in total. The van der Waals surface area contributed by atoms with Gasteiger partial charge in [0.15, 0.2) is 6.10 Å². The Balaban J connectivity index is 4.54. The van der Waals surface area contributed by atoms with Crippen LogP contribution in [-0.2, 0) is 28.6 Å². The van der Waals surface area contributed by atoms with Gasteiger partial charge in [-0.2, -0.15) is 0 Å². The number of allylic oxidation sites excluding steroid dienone is 16. The topological polar surface area (TPSA) is 78.9 Å². The molecule has 0 rings (SSSR count). The van der Waals surface area contributed by atoms with Crippen LogP contribution in [0.2, 0.25) is 0 Å². The Morgan fingerprint density at radius 1 is 0.415 bits per heavy atom. The summed E-state index contributed by atoms with van der Waals surface area (Å²) in [4.78, 5) is 37.5. The van der Waals surface area contributed by atoms with Gasteiger partial charge in [0.1, 0.15) is 13.2 Å². The summed E-state index contributed by atoms with van der Waals surface area (Å²) in [6, 6.07) is 0. The predicted octanol–water partition coefficient (Wildman–Crippen LogP) is 13.1. The lowest BCUT2D eigenvalue weighted by Crippen LogP contribution is -2.30. The molecule has 0 amide bonds. The predicted molar refractivity (Wildman–Crippen MR) is 224 cm³/mol. The molecule has 0 radical (unpaired) electrons. The quantitative estimate of drug-likeness (QED) is 0.0212. The van der Waals surface area contributed by atoms with Crippen LogP contribution >= 0.6 is 0 Å². The van der Waals surface area contributed by atoms with Crippen LogP contribution in [0.1, 0.15) is 162 Å². The smallest absolute Gasteiger partial charge is 0.306 e. The molecule has 1 unspecified atom stereocenters. The van der Waals surface area contributed by atoms with Gasteiger partial charge in [0.25, 0.3) is 0 Å². The molecule has 6 nitrogen and oxygen atoms in total. The number of hydrogen-bond donors (Lipinski definition) is 0. The Kier molecular flexibility index (Phi) is 38.2. The highest BCUT2D eigenvalue weighted by Gasteiger charge is 2.19. The second-order valence-corrected chi connectivity index (χ2v) is 13.3. The molecular formula is C47H74O6. The van der Waals surface area contributed by atoms with E-state index in [2.05, 4.69) is 69.4 Å². The molecule has 53 heavy (non-hydrogen) atoms. The van der Waals surface area contributed by atoms with Gasteiger partial charge in [0.05, 0.1) is 0 Å². The van der Waals surface area contributed by atoms with Crippen molar-refractivity contribution in [1.82, 2.24) is 0 Å². The highest BCUT2D eigenvalue weighted by Crippen LogP contribution is 2.12. The zero-order chi connectivity index (χ0) is 38.7. The van der Waals surface area contributed by atoms with Gasteiger partial charge in [-0.05, 0) is 64.2 Å². The molecule has 0 fully saturated rings. The summed E-state index contributed by atoms with van der Waals surface area (Å²) >= 11 is 0. The minimum atomic E-state index is -0.817. The van der Waals surface area contributed by atoms with Gasteiger partial charge in [0, 0.05) is 19.3 Å². The molecular weight excluding hydrogens is 661 g/mol. The van der Waals surface area contributed by atoms with Crippen molar-refractivity contribution < 1.29 is 28.6 Å². The normalized spacial score (nSPS) is 13.0. The molecule has 0 aliphatic heterocycles. The lowest BCUT2D eigenvalue weighted by molar-refractivity contribution is -0.167. The van der Waals surface area contributed by atoms with Gasteiger partial charge < -0.3 is 14.2 Å². The van der Waals surface area contributed by atoms with Crippen molar-refractivity contribution in [2.45, 2.75) is 168 Å². The molecule has 0 aromatic rings. The first-order chi connectivity index (χ1) is 26.0. The molecule has 0 aliphatic carbocycles. The molecule has 0 aliphatic rings. The average Bonchev–Trinajstić information content (AvgIpc) is 3.15. The second-order valence-electron chi connectivity index (χ2n) is 13.3. The third kappa shape index (κ3) is 39.4. The lowest BCUT2D eigenvalue weighted by Gasteiger charge is -2.18. The summed E-state index contributed by atoms with van der Waals surface area (Å²) < 4.78 is 16.5. The van der Waals surface area contributed by atoms with Crippen molar-refractivity contribution in [3.63, 3.8) is 0 Å². The van der Waals surface area contributed by atoms with Crippen molar-refractivity contribution in [3.05, 3.63) is 97.2 Å². The zero-order valence-corrected chi connectivity index (χ0v) is 33.7. The molecule has 6 heteroatoms. The van der Waals surface area contributed by atoms with E-state index < -0.39 is 6.10 Å². The van der Waals surface area contributed by atoms with Crippen LogP contribution in [0, 0.1) is 0 Å². The summed E-state index contributed by atoms with van der Waals surface area (Å²) in [7, 11) is 0. The van der Waals surface area contributed by atoms with E-state index in [0.717, 1.165) is 77.0 Å². The molecule has 0 aromatic heterocycles. The summed E-state index contributed by atoms with van der Waals surface area (Å²) in [5.41, 5.74) is 0. The van der Waals surface area contributed by atoms with Gasteiger partial charge in [-0.1, -0.05) is 176 Å². The van der Waals surface area contributed by atoms with Crippen LogP contribution in [0.3, 0.4) is 0 Å². The Labute approximate surface area is 324 Å². The minimum absolute atomic E-state index is 0.113. The van der Waals surface area contributed by atoms with Gasteiger partial charge in [-0.3, -0.25) is 14.4 Å². The van der Waals surface area contributed by atoms with Crippen LogP contribution < -0.4 is 0 Å². The Bertz CT molecular complexity index is 1120.